The first-order chi connectivity index (χ1) is 9.85. The molecule has 112 valence electrons. The fourth-order valence-electron chi connectivity index (χ4n) is 1.76. The molecule has 0 saturated heterocycles. The first-order valence-electron chi connectivity index (χ1n) is 6.26. The number of hydrogen-bond donors (Lipinski definition) is 2. The predicted molar refractivity (Wildman–Crippen MR) is 70.6 cm³/mol. The zero-order valence-electron chi connectivity index (χ0n) is 11.4. The fourth-order valence-corrected chi connectivity index (χ4v) is 1.76. The molecule has 0 radical (unpaired) electrons. The standard InChI is InChI=1S/C14H15F2N3O2/c1-8(7-17)5-12(14(18)21)19-13(20)6-9-10(15)3-2-4-11(9)16/h2-4,8,12H,5-6H2,1H3,(H2,18,21)(H,19,20)/t8-,12+/m1/s1. The maximum Gasteiger partial charge on any atom is 0.240 e. The average molecular weight is 295 g/mol. The summed E-state index contributed by atoms with van der Waals surface area (Å²) < 4.78 is 26.8. The normalized spacial score (nSPS) is 13.0. The molecule has 0 aromatic heterocycles. The fraction of sp³-hybridized carbons (Fsp3) is 0.357. The first kappa shape index (κ1) is 16.6. The first-order valence-corrected chi connectivity index (χ1v) is 6.26. The van der Waals surface area contributed by atoms with Crippen LogP contribution in [0.1, 0.15) is 18.9 Å². The van der Waals surface area contributed by atoms with Crippen LogP contribution in [0.5, 0.6) is 0 Å². The largest absolute Gasteiger partial charge is 0.368 e. The van der Waals surface area contributed by atoms with Gasteiger partial charge in [-0.15, -0.1) is 0 Å². The van der Waals surface area contributed by atoms with Crippen molar-refractivity contribution in [3.05, 3.63) is 35.4 Å². The van der Waals surface area contributed by atoms with Crippen LogP contribution in [-0.4, -0.2) is 17.9 Å². The number of carbonyl (C=O) groups is 2. The minimum absolute atomic E-state index is 0.0390. The molecule has 0 fully saturated rings. The van der Waals surface area contributed by atoms with Crippen LogP contribution in [0.15, 0.2) is 18.2 Å². The molecular formula is C14H15F2N3O2. The number of amides is 2. The van der Waals surface area contributed by atoms with E-state index in [1.807, 2.05) is 6.07 Å². The molecule has 0 aliphatic heterocycles. The number of nitrogens with zero attached hydrogens (tertiary/aromatic N) is 1. The van der Waals surface area contributed by atoms with Gasteiger partial charge in [0.25, 0.3) is 0 Å². The van der Waals surface area contributed by atoms with Crippen LogP contribution in [0.25, 0.3) is 0 Å². The van der Waals surface area contributed by atoms with Gasteiger partial charge in [0.05, 0.1) is 12.5 Å². The van der Waals surface area contributed by atoms with Crippen molar-refractivity contribution >= 4 is 11.8 Å². The van der Waals surface area contributed by atoms with Crippen molar-refractivity contribution in [2.45, 2.75) is 25.8 Å². The Balaban J connectivity index is 2.75. The van der Waals surface area contributed by atoms with Gasteiger partial charge in [-0.3, -0.25) is 9.59 Å². The number of nitrogens with one attached hydrogen (secondary N) is 1. The topological polar surface area (TPSA) is 96.0 Å². The van der Waals surface area contributed by atoms with Crippen molar-refractivity contribution in [3.63, 3.8) is 0 Å². The molecule has 7 heteroatoms. The summed E-state index contributed by atoms with van der Waals surface area (Å²) in [6.07, 6.45) is -0.513. The highest BCUT2D eigenvalue weighted by Gasteiger charge is 2.22. The molecule has 0 aliphatic carbocycles. The lowest BCUT2D eigenvalue weighted by atomic mass is 10.0. The minimum Gasteiger partial charge on any atom is -0.368 e. The zero-order valence-corrected chi connectivity index (χ0v) is 11.4. The van der Waals surface area contributed by atoms with Crippen LogP contribution in [0.3, 0.4) is 0 Å². The van der Waals surface area contributed by atoms with Gasteiger partial charge in [-0.05, 0) is 25.5 Å². The molecule has 0 saturated carbocycles. The van der Waals surface area contributed by atoms with E-state index in [0.29, 0.717) is 0 Å². The Labute approximate surface area is 120 Å². The van der Waals surface area contributed by atoms with E-state index < -0.39 is 41.8 Å². The zero-order chi connectivity index (χ0) is 16.0. The maximum atomic E-state index is 13.4. The summed E-state index contributed by atoms with van der Waals surface area (Å²) in [7, 11) is 0. The molecule has 1 aromatic rings. The van der Waals surface area contributed by atoms with Crippen LogP contribution in [-0.2, 0) is 16.0 Å². The van der Waals surface area contributed by atoms with Gasteiger partial charge in [-0.25, -0.2) is 8.78 Å². The summed E-state index contributed by atoms with van der Waals surface area (Å²) in [5.41, 5.74) is 4.75. The van der Waals surface area contributed by atoms with Gasteiger partial charge in [0.1, 0.15) is 17.7 Å². The lowest BCUT2D eigenvalue weighted by Crippen LogP contribution is -2.45. The lowest BCUT2D eigenvalue weighted by Gasteiger charge is -2.16. The summed E-state index contributed by atoms with van der Waals surface area (Å²) in [6.45, 7) is 1.57. The molecule has 2 atom stereocenters. The van der Waals surface area contributed by atoms with Gasteiger partial charge in [0.2, 0.25) is 11.8 Å². The predicted octanol–water partition coefficient (Wildman–Crippen LogP) is 1.03. The van der Waals surface area contributed by atoms with E-state index in [1.54, 1.807) is 6.92 Å². The van der Waals surface area contributed by atoms with Gasteiger partial charge >= 0.3 is 0 Å². The number of hydrogen-bond acceptors (Lipinski definition) is 3. The SMILES string of the molecule is C[C@@H](C#N)C[C@H](NC(=O)Cc1c(F)cccc1F)C(N)=O. The minimum atomic E-state index is -1.05. The van der Waals surface area contributed by atoms with E-state index in [1.165, 1.54) is 6.07 Å². The number of nitrogens with two attached hydrogens (primary N) is 1. The Morgan fingerprint density at radius 1 is 1.38 bits per heavy atom. The Kier molecular flexibility index (Phi) is 5.79. The van der Waals surface area contributed by atoms with Gasteiger partial charge in [-0.1, -0.05) is 6.07 Å². The van der Waals surface area contributed by atoms with Crippen LogP contribution >= 0.6 is 0 Å². The third-order valence-corrected chi connectivity index (χ3v) is 2.89. The van der Waals surface area contributed by atoms with Gasteiger partial charge < -0.3 is 11.1 Å². The Bertz CT molecular complexity index is 564. The summed E-state index contributed by atoms with van der Waals surface area (Å²) >= 11 is 0. The van der Waals surface area contributed by atoms with Crippen molar-refractivity contribution in [1.82, 2.24) is 5.32 Å². The van der Waals surface area contributed by atoms with E-state index in [4.69, 9.17) is 11.0 Å². The summed E-state index contributed by atoms with van der Waals surface area (Å²) in [5, 5.41) is 11.0. The second kappa shape index (κ2) is 7.33. The highest BCUT2D eigenvalue weighted by atomic mass is 19.1. The summed E-state index contributed by atoms with van der Waals surface area (Å²) in [6, 6.07) is 4.12. The molecule has 1 aromatic carbocycles. The van der Waals surface area contributed by atoms with Crippen molar-refractivity contribution in [1.29, 1.82) is 5.26 Å². The van der Waals surface area contributed by atoms with Crippen molar-refractivity contribution < 1.29 is 18.4 Å². The molecule has 5 nitrogen and oxygen atoms in total. The molecule has 0 aliphatic rings. The smallest absolute Gasteiger partial charge is 0.240 e. The average Bonchev–Trinajstić information content (AvgIpc) is 2.42. The van der Waals surface area contributed by atoms with Crippen LogP contribution in [0.2, 0.25) is 0 Å². The van der Waals surface area contributed by atoms with Crippen molar-refractivity contribution in [3.8, 4) is 6.07 Å². The van der Waals surface area contributed by atoms with Gasteiger partial charge in [0.15, 0.2) is 0 Å². The quantitative estimate of drug-likeness (QED) is 0.820. The molecule has 1 rings (SSSR count). The number of halogens is 2. The second-order valence-corrected chi connectivity index (χ2v) is 4.67. The summed E-state index contributed by atoms with van der Waals surface area (Å²) in [4.78, 5) is 23.0. The number of rotatable bonds is 6. The molecule has 21 heavy (non-hydrogen) atoms. The number of benzene rings is 1. The third-order valence-electron chi connectivity index (χ3n) is 2.89. The van der Waals surface area contributed by atoms with E-state index in [0.717, 1.165) is 12.1 Å². The highest BCUT2D eigenvalue weighted by molar-refractivity contribution is 5.87. The monoisotopic (exact) mass is 295 g/mol. The second-order valence-electron chi connectivity index (χ2n) is 4.67. The number of primary amides is 1. The maximum absolute atomic E-state index is 13.4. The third kappa shape index (κ3) is 4.84. The molecule has 0 heterocycles. The molecule has 0 unspecified atom stereocenters. The van der Waals surface area contributed by atoms with Gasteiger partial charge in [0, 0.05) is 11.5 Å². The van der Waals surface area contributed by atoms with E-state index in [-0.39, 0.29) is 12.0 Å². The lowest BCUT2D eigenvalue weighted by molar-refractivity contribution is -0.127. The molecule has 3 N–H and O–H groups in total. The Morgan fingerprint density at radius 2 is 1.95 bits per heavy atom. The van der Waals surface area contributed by atoms with Crippen molar-refractivity contribution in [2.75, 3.05) is 0 Å². The molecular weight excluding hydrogens is 280 g/mol. The Hall–Kier alpha value is -2.49. The van der Waals surface area contributed by atoms with Crippen molar-refractivity contribution in [2.24, 2.45) is 11.7 Å². The molecule has 2 amide bonds. The number of nitriles is 1. The van der Waals surface area contributed by atoms with Crippen LogP contribution < -0.4 is 11.1 Å². The van der Waals surface area contributed by atoms with E-state index >= 15 is 0 Å². The number of carbonyl (C=O) groups excluding carboxylic acids is 2. The van der Waals surface area contributed by atoms with E-state index in [9.17, 15) is 18.4 Å². The van der Waals surface area contributed by atoms with E-state index in [2.05, 4.69) is 5.32 Å². The molecule has 0 bridgehead atoms. The van der Waals surface area contributed by atoms with Gasteiger partial charge in [-0.2, -0.15) is 5.26 Å². The molecule has 0 spiro atoms. The highest BCUT2D eigenvalue weighted by Crippen LogP contribution is 2.13. The van der Waals surface area contributed by atoms with Crippen LogP contribution in [0.4, 0.5) is 8.78 Å². The summed E-state index contributed by atoms with van der Waals surface area (Å²) in [5.74, 6) is -3.72. The Morgan fingerprint density at radius 3 is 2.43 bits per heavy atom. The van der Waals surface area contributed by atoms with Crippen LogP contribution in [0, 0.1) is 28.9 Å².